The van der Waals surface area contributed by atoms with Crippen LogP contribution in [0.25, 0.3) is 0 Å². The van der Waals surface area contributed by atoms with Crippen molar-refractivity contribution in [2.24, 2.45) is 23.7 Å². The van der Waals surface area contributed by atoms with Crippen molar-refractivity contribution in [1.29, 1.82) is 0 Å². The largest absolute Gasteiger partial charge is 0.472 e. The summed E-state index contributed by atoms with van der Waals surface area (Å²) in [6.07, 6.45) is 62.6. The first-order valence-electron chi connectivity index (χ1n) is 43.8. The van der Waals surface area contributed by atoms with Gasteiger partial charge in [0.05, 0.1) is 26.4 Å². The molecule has 17 nitrogen and oxygen atoms in total. The minimum absolute atomic E-state index is 0.106. The van der Waals surface area contributed by atoms with Crippen molar-refractivity contribution in [3.05, 3.63) is 0 Å². The predicted octanol–water partition coefficient (Wildman–Crippen LogP) is 25.6. The van der Waals surface area contributed by atoms with Gasteiger partial charge in [-0.05, 0) is 49.4 Å². The molecule has 0 saturated heterocycles. The van der Waals surface area contributed by atoms with E-state index in [1.54, 1.807) is 0 Å². The highest BCUT2D eigenvalue weighted by Crippen LogP contribution is 2.45. The maximum Gasteiger partial charge on any atom is 0.472 e. The molecule has 0 aromatic carbocycles. The first-order chi connectivity index (χ1) is 50.2. The van der Waals surface area contributed by atoms with E-state index in [0.717, 1.165) is 114 Å². The number of phosphoric acid groups is 2. The molecule has 4 unspecified atom stereocenters. The SMILES string of the molecule is CCC(C)CCCCCCCCCCCCCCCCCCCCC(=O)OC[C@H](COP(=O)(O)OC[C@@H](O)COP(=O)(O)OC[C@@H](COC(=O)CCCCCCCCC(C)C)OC(=O)CCCCCCCCCCCCCCC(C)C)OC(=O)CCCCCCCCCCCCCCCCC(C)CC. The van der Waals surface area contributed by atoms with Gasteiger partial charge in [-0.1, -0.05) is 389 Å². The van der Waals surface area contributed by atoms with E-state index in [4.69, 9.17) is 37.0 Å². The van der Waals surface area contributed by atoms with Crippen LogP contribution in [0.3, 0.4) is 0 Å². The van der Waals surface area contributed by atoms with Crippen molar-refractivity contribution < 1.29 is 80.2 Å². The normalized spacial score (nSPS) is 14.5. The molecule has 618 valence electrons. The fourth-order valence-corrected chi connectivity index (χ4v) is 14.7. The first kappa shape index (κ1) is 102. The van der Waals surface area contributed by atoms with Crippen molar-refractivity contribution in [1.82, 2.24) is 0 Å². The van der Waals surface area contributed by atoms with Crippen LogP contribution in [0.1, 0.15) is 441 Å². The van der Waals surface area contributed by atoms with Crippen LogP contribution in [0.15, 0.2) is 0 Å². The van der Waals surface area contributed by atoms with Gasteiger partial charge in [0, 0.05) is 25.7 Å². The minimum Gasteiger partial charge on any atom is -0.462 e. The number of hydrogen-bond donors (Lipinski definition) is 3. The summed E-state index contributed by atoms with van der Waals surface area (Å²) < 4.78 is 68.8. The zero-order valence-corrected chi connectivity index (χ0v) is 70.5. The Hall–Kier alpha value is -1.94. The number of rotatable bonds is 82. The molecule has 7 atom stereocenters. The van der Waals surface area contributed by atoms with Gasteiger partial charge in [0.25, 0.3) is 0 Å². The molecule has 19 heteroatoms. The quantitative estimate of drug-likeness (QED) is 0.0222. The van der Waals surface area contributed by atoms with Gasteiger partial charge in [0.15, 0.2) is 12.2 Å². The molecule has 0 aromatic heterocycles. The van der Waals surface area contributed by atoms with Crippen molar-refractivity contribution in [2.75, 3.05) is 39.6 Å². The highest BCUT2D eigenvalue weighted by atomic mass is 31.2. The Labute approximate surface area is 638 Å². The van der Waals surface area contributed by atoms with E-state index >= 15 is 0 Å². The summed E-state index contributed by atoms with van der Waals surface area (Å²) >= 11 is 0. The molecule has 0 bridgehead atoms. The second kappa shape index (κ2) is 73.8. The molecule has 0 spiro atoms. The molecule has 0 aromatic rings. The molecular formula is C85H166O17P2. The topological polar surface area (TPSA) is 237 Å². The standard InChI is InChI=1S/C85H166O17P2/c1-9-77(7)63-55-47-38-32-26-19-15-13-11-12-14-16-21-28-34-40-49-57-65-82(87)95-71-80(101-84(89)67-59-51-41-35-29-22-18-17-20-27-33-39-48-56-64-78(8)10-2)73-99-103(91,92)97-69-79(86)70-98-104(93,94)100-74-81(72-96-83(88)66-58-50-44-43-46-54-62-76(5)6)102-85(90)68-60-52-42-36-30-24-23-25-31-37-45-53-61-75(3)4/h75-81,86H,9-74H2,1-8H3,(H,91,92)(H,93,94)/t77?,78?,79-,80-,81-/m1/s1. The van der Waals surface area contributed by atoms with Gasteiger partial charge in [-0.25, -0.2) is 9.13 Å². The lowest BCUT2D eigenvalue weighted by Gasteiger charge is -2.21. The van der Waals surface area contributed by atoms with Crippen molar-refractivity contribution >= 4 is 39.5 Å². The Morgan fingerprint density at radius 2 is 0.462 bits per heavy atom. The van der Waals surface area contributed by atoms with Gasteiger partial charge in [0.1, 0.15) is 19.3 Å². The van der Waals surface area contributed by atoms with E-state index in [9.17, 15) is 43.2 Å². The Kier molecular flexibility index (Phi) is 72.5. The third-order valence-electron chi connectivity index (χ3n) is 20.5. The minimum atomic E-state index is -4.97. The summed E-state index contributed by atoms with van der Waals surface area (Å²) in [5.74, 6) is 1.06. The number of carbonyl (C=O) groups excluding carboxylic acids is 4. The van der Waals surface area contributed by atoms with Gasteiger partial charge in [-0.15, -0.1) is 0 Å². The molecule has 0 saturated carbocycles. The first-order valence-corrected chi connectivity index (χ1v) is 46.8. The van der Waals surface area contributed by atoms with E-state index in [-0.39, 0.29) is 25.7 Å². The van der Waals surface area contributed by atoms with Crippen LogP contribution >= 0.6 is 15.6 Å². The van der Waals surface area contributed by atoms with Crippen molar-refractivity contribution in [2.45, 2.75) is 459 Å². The van der Waals surface area contributed by atoms with Gasteiger partial charge in [-0.2, -0.15) is 0 Å². The lowest BCUT2D eigenvalue weighted by molar-refractivity contribution is -0.161. The van der Waals surface area contributed by atoms with Crippen LogP contribution in [0.4, 0.5) is 0 Å². The van der Waals surface area contributed by atoms with Crippen molar-refractivity contribution in [3.63, 3.8) is 0 Å². The Morgan fingerprint density at radius 1 is 0.269 bits per heavy atom. The molecule has 0 fully saturated rings. The number of aliphatic hydroxyl groups excluding tert-OH is 1. The predicted molar refractivity (Wildman–Crippen MR) is 428 cm³/mol. The molecule has 3 N–H and O–H groups in total. The molecule has 0 aliphatic carbocycles. The third kappa shape index (κ3) is 75.5. The smallest absolute Gasteiger partial charge is 0.462 e. The summed E-state index contributed by atoms with van der Waals surface area (Å²) in [6, 6.07) is 0. The van der Waals surface area contributed by atoms with Gasteiger partial charge >= 0.3 is 39.5 Å². The van der Waals surface area contributed by atoms with Crippen LogP contribution in [-0.2, 0) is 65.4 Å². The fourth-order valence-electron chi connectivity index (χ4n) is 13.1. The number of ether oxygens (including phenoxy) is 4. The van der Waals surface area contributed by atoms with Crippen LogP contribution in [-0.4, -0.2) is 96.7 Å². The highest BCUT2D eigenvalue weighted by Gasteiger charge is 2.30. The van der Waals surface area contributed by atoms with Crippen LogP contribution in [0, 0.1) is 23.7 Å². The van der Waals surface area contributed by atoms with E-state index in [2.05, 4.69) is 55.4 Å². The molecular weight excluding hydrogens is 1350 g/mol. The Bertz CT molecular complexity index is 2030. The molecule has 0 heterocycles. The molecule has 104 heavy (non-hydrogen) atoms. The summed E-state index contributed by atoms with van der Waals surface area (Å²) in [5, 5.41) is 10.7. The van der Waals surface area contributed by atoms with Gasteiger partial charge in [0.2, 0.25) is 0 Å². The van der Waals surface area contributed by atoms with E-state index in [0.29, 0.717) is 31.6 Å². The van der Waals surface area contributed by atoms with Crippen LogP contribution < -0.4 is 0 Å². The van der Waals surface area contributed by atoms with Crippen molar-refractivity contribution in [3.8, 4) is 0 Å². The number of aliphatic hydroxyl groups is 1. The molecule has 0 rings (SSSR count). The summed E-state index contributed by atoms with van der Waals surface area (Å²) in [7, 11) is -9.93. The second-order valence-electron chi connectivity index (χ2n) is 32.0. The van der Waals surface area contributed by atoms with E-state index in [1.807, 2.05) is 0 Å². The van der Waals surface area contributed by atoms with Gasteiger partial charge in [-0.3, -0.25) is 37.3 Å². The zero-order valence-electron chi connectivity index (χ0n) is 68.7. The Morgan fingerprint density at radius 3 is 0.683 bits per heavy atom. The monoisotopic (exact) mass is 1520 g/mol. The number of phosphoric ester groups is 2. The average Bonchev–Trinajstić information content (AvgIpc) is 1.06. The fraction of sp³-hybridized carbons (Fsp3) is 0.953. The second-order valence-corrected chi connectivity index (χ2v) is 34.9. The van der Waals surface area contributed by atoms with Crippen LogP contribution in [0.5, 0.6) is 0 Å². The van der Waals surface area contributed by atoms with Crippen LogP contribution in [0.2, 0.25) is 0 Å². The highest BCUT2D eigenvalue weighted by molar-refractivity contribution is 7.47. The Balaban J connectivity index is 5.21. The number of unbranched alkanes of at least 4 members (excludes halogenated alkanes) is 46. The average molecular weight is 1520 g/mol. The maximum atomic E-state index is 13.1. The number of carbonyl (C=O) groups is 4. The number of esters is 4. The molecule has 0 aliphatic rings. The molecule has 0 aliphatic heterocycles. The zero-order chi connectivity index (χ0) is 76.7. The summed E-state index contributed by atoms with van der Waals surface area (Å²) in [6.45, 7) is 14.3. The maximum absolute atomic E-state index is 13.1. The summed E-state index contributed by atoms with van der Waals surface area (Å²) in [4.78, 5) is 73.1. The van der Waals surface area contributed by atoms with Gasteiger partial charge < -0.3 is 33.8 Å². The molecule has 0 radical (unpaired) electrons. The summed E-state index contributed by atoms with van der Waals surface area (Å²) in [5.41, 5.74) is 0. The third-order valence-corrected chi connectivity index (χ3v) is 22.4. The lowest BCUT2D eigenvalue weighted by Crippen LogP contribution is -2.30. The lowest BCUT2D eigenvalue weighted by atomic mass is 9.99. The number of hydrogen-bond acceptors (Lipinski definition) is 15. The van der Waals surface area contributed by atoms with E-state index < -0.39 is 97.5 Å². The van der Waals surface area contributed by atoms with E-state index in [1.165, 1.54) is 238 Å². The molecule has 0 amide bonds.